The van der Waals surface area contributed by atoms with Crippen LogP contribution in [0.15, 0.2) is 0 Å². The lowest BCUT2D eigenvalue weighted by Crippen LogP contribution is -2.65. The van der Waals surface area contributed by atoms with Crippen molar-refractivity contribution >= 4 is 0 Å². The highest BCUT2D eigenvalue weighted by molar-refractivity contribution is 5.12. The molecule has 4 rings (SSSR count). The third kappa shape index (κ3) is 2.62. The maximum atomic E-state index is 6.09. The number of aryl methyl sites for hydroxylation is 2. The zero-order chi connectivity index (χ0) is 15.9. The third-order valence-electron chi connectivity index (χ3n) is 6.32. The molecule has 23 heavy (non-hydrogen) atoms. The van der Waals surface area contributed by atoms with Gasteiger partial charge in [0.05, 0.1) is 12.1 Å². The highest BCUT2D eigenvalue weighted by Crippen LogP contribution is 2.54. The van der Waals surface area contributed by atoms with Crippen molar-refractivity contribution in [3.63, 3.8) is 0 Å². The van der Waals surface area contributed by atoms with Crippen molar-refractivity contribution in [2.24, 2.45) is 5.41 Å². The predicted molar refractivity (Wildman–Crippen MR) is 89.2 cm³/mol. The zero-order valence-corrected chi connectivity index (χ0v) is 14.6. The van der Waals surface area contributed by atoms with Crippen molar-refractivity contribution in [1.82, 2.24) is 20.1 Å². The Hall–Kier alpha value is -0.940. The molecule has 5 heteroatoms. The van der Waals surface area contributed by atoms with Gasteiger partial charge in [-0.2, -0.15) is 5.10 Å². The number of hydrogen-bond donors (Lipinski definition) is 1. The van der Waals surface area contributed by atoms with Crippen LogP contribution in [0.1, 0.15) is 76.0 Å². The van der Waals surface area contributed by atoms with Crippen molar-refractivity contribution in [2.75, 3.05) is 6.61 Å². The first-order valence-corrected chi connectivity index (χ1v) is 9.52. The summed E-state index contributed by atoms with van der Waals surface area (Å²) in [5.41, 5.74) is 0.381. The van der Waals surface area contributed by atoms with Crippen molar-refractivity contribution < 1.29 is 4.74 Å². The van der Waals surface area contributed by atoms with Crippen molar-refractivity contribution in [3.05, 3.63) is 11.6 Å². The minimum Gasteiger partial charge on any atom is -0.378 e. The number of nitrogens with zero attached hydrogens (tertiary/aromatic N) is 3. The molecule has 0 aromatic carbocycles. The molecular weight excluding hydrogens is 288 g/mol. The molecule has 3 unspecified atom stereocenters. The minimum absolute atomic E-state index is 0.372. The van der Waals surface area contributed by atoms with Gasteiger partial charge in [-0.05, 0) is 46.0 Å². The van der Waals surface area contributed by atoms with Crippen molar-refractivity contribution in [2.45, 2.75) is 89.9 Å². The molecule has 1 spiro atoms. The third-order valence-corrected chi connectivity index (χ3v) is 6.32. The topological polar surface area (TPSA) is 52.0 Å². The summed E-state index contributed by atoms with van der Waals surface area (Å²) in [5.74, 6) is 2.06. The first kappa shape index (κ1) is 15.6. The summed E-state index contributed by atoms with van der Waals surface area (Å²) in [6, 6.07) is 0.962. The van der Waals surface area contributed by atoms with E-state index in [0.29, 0.717) is 23.6 Å². The number of rotatable bonds is 4. The standard InChI is InChI=1S/C18H30N4O/c1-3-23-16-12-15(18(16)9-5-4-6-10-18)20-14-8-7-11-22-17(14)19-13(2)21-22/h14-16,20H,3-12H2,1-2H3. The molecule has 1 aromatic heterocycles. The largest absolute Gasteiger partial charge is 0.378 e. The molecule has 0 bridgehead atoms. The number of hydrogen-bond acceptors (Lipinski definition) is 4. The first-order chi connectivity index (χ1) is 11.2. The average Bonchev–Trinajstić information content (AvgIpc) is 2.96. The maximum absolute atomic E-state index is 6.09. The lowest BCUT2D eigenvalue weighted by molar-refractivity contribution is -0.152. The van der Waals surface area contributed by atoms with E-state index in [0.717, 1.165) is 31.2 Å². The molecule has 2 heterocycles. The highest BCUT2D eigenvalue weighted by atomic mass is 16.5. The summed E-state index contributed by atoms with van der Waals surface area (Å²) in [6.07, 6.45) is 10.8. The number of nitrogens with one attached hydrogen (secondary N) is 1. The molecule has 1 aliphatic heterocycles. The van der Waals surface area contributed by atoms with Crippen LogP contribution in [0.5, 0.6) is 0 Å². The van der Waals surface area contributed by atoms with Crippen LogP contribution in [0.25, 0.3) is 0 Å². The molecular formula is C18H30N4O. The lowest BCUT2D eigenvalue weighted by Gasteiger charge is -2.58. The molecule has 128 valence electrons. The molecule has 1 aromatic rings. The fourth-order valence-corrected chi connectivity index (χ4v) is 5.17. The van der Waals surface area contributed by atoms with E-state index in [4.69, 9.17) is 9.72 Å². The van der Waals surface area contributed by atoms with Gasteiger partial charge < -0.3 is 10.1 Å². The Kier molecular flexibility index (Phi) is 4.18. The van der Waals surface area contributed by atoms with Gasteiger partial charge in [0.25, 0.3) is 0 Å². The van der Waals surface area contributed by atoms with E-state index < -0.39 is 0 Å². The van der Waals surface area contributed by atoms with Crippen molar-refractivity contribution in [1.29, 1.82) is 0 Å². The van der Waals surface area contributed by atoms with Gasteiger partial charge in [0.1, 0.15) is 11.6 Å². The summed E-state index contributed by atoms with van der Waals surface area (Å²) in [7, 11) is 0. The Balaban J connectivity index is 1.50. The number of ether oxygens (including phenoxy) is 1. The fraction of sp³-hybridized carbons (Fsp3) is 0.889. The molecule has 2 aliphatic carbocycles. The van der Waals surface area contributed by atoms with Crippen LogP contribution < -0.4 is 5.32 Å². The smallest absolute Gasteiger partial charge is 0.147 e. The Morgan fingerprint density at radius 2 is 2.09 bits per heavy atom. The van der Waals surface area contributed by atoms with Crippen LogP contribution in [0.3, 0.4) is 0 Å². The second kappa shape index (κ2) is 6.17. The SMILES string of the molecule is CCOC1CC(NC2CCCn3nc(C)nc32)C12CCCCC2. The van der Waals surface area contributed by atoms with Gasteiger partial charge in [0.2, 0.25) is 0 Å². The lowest BCUT2D eigenvalue weighted by atomic mass is 9.55. The van der Waals surface area contributed by atoms with Crippen LogP contribution in [0.4, 0.5) is 0 Å². The molecule has 2 fully saturated rings. The van der Waals surface area contributed by atoms with Crippen LogP contribution in [-0.2, 0) is 11.3 Å². The van der Waals surface area contributed by atoms with Gasteiger partial charge in [-0.15, -0.1) is 0 Å². The molecule has 1 N–H and O–H groups in total. The Bertz CT molecular complexity index is 549. The van der Waals surface area contributed by atoms with Crippen LogP contribution in [0.2, 0.25) is 0 Å². The van der Waals surface area contributed by atoms with E-state index in [1.807, 2.05) is 6.92 Å². The van der Waals surface area contributed by atoms with Crippen molar-refractivity contribution in [3.8, 4) is 0 Å². The quantitative estimate of drug-likeness (QED) is 0.926. The minimum atomic E-state index is 0.372. The molecule has 0 amide bonds. The molecule has 2 saturated carbocycles. The summed E-state index contributed by atoms with van der Waals surface area (Å²) >= 11 is 0. The fourth-order valence-electron chi connectivity index (χ4n) is 5.17. The second-order valence-electron chi connectivity index (χ2n) is 7.63. The van der Waals surface area contributed by atoms with Gasteiger partial charge in [-0.3, -0.25) is 0 Å². The molecule has 0 radical (unpaired) electrons. The highest BCUT2D eigenvalue weighted by Gasteiger charge is 2.56. The second-order valence-corrected chi connectivity index (χ2v) is 7.63. The Morgan fingerprint density at radius 1 is 1.26 bits per heavy atom. The molecule has 3 atom stereocenters. The molecule has 5 nitrogen and oxygen atoms in total. The van der Waals surface area contributed by atoms with Crippen LogP contribution in [0, 0.1) is 12.3 Å². The Labute approximate surface area is 139 Å². The first-order valence-electron chi connectivity index (χ1n) is 9.52. The molecule has 3 aliphatic rings. The summed E-state index contributed by atoms with van der Waals surface area (Å²) < 4.78 is 8.20. The maximum Gasteiger partial charge on any atom is 0.147 e. The zero-order valence-electron chi connectivity index (χ0n) is 14.6. The number of aromatic nitrogens is 3. The Morgan fingerprint density at radius 3 is 2.87 bits per heavy atom. The van der Waals surface area contributed by atoms with E-state index in [2.05, 4.69) is 22.0 Å². The van der Waals surface area contributed by atoms with Gasteiger partial charge in [0.15, 0.2) is 0 Å². The van der Waals surface area contributed by atoms with Gasteiger partial charge in [0, 0.05) is 24.6 Å². The summed E-state index contributed by atoms with van der Waals surface area (Å²) in [4.78, 5) is 4.69. The predicted octanol–water partition coefficient (Wildman–Crippen LogP) is 3.14. The van der Waals surface area contributed by atoms with Gasteiger partial charge in [-0.1, -0.05) is 19.3 Å². The van der Waals surface area contributed by atoms with Gasteiger partial charge in [-0.25, -0.2) is 9.67 Å². The van der Waals surface area contributed by atoms with E-state index >= 15 is 0 Å². The van der Waals surface area contributed by atoms with Crippen LogP contribution in [-0.4, -0.2) is 33.5 Å². The van der Waals surface area contributed by atoms with E-state index in [9.17, 15) is 0 Å². The summed E-state index contributed by atoms with van der Waals surface area (Å²) in [6.45, 7) is 5.99. The molecule has 0 saturated heterocycles. The average molecular weight is 318 g/mol. The normalized spacial score (nSPS) is 32.5. The monoisotopic (exact) mass is 318 g/mol. The summed E-state index contributed by atoms with van der Waals surface area (Å²) in [5, 5.41) is 8.51. The van der Waals surface area contributed by atoms with E-state index in [1.165, 1.54) is 44.9 Å². The number of fused-ring (bicyclic) bond motifs is 1. The van der Waals surface area contributed by atoms with E-state index in [1.54, 1.807) is 0 Å². The van der Waals surface area contributed by atoms with Crippen LogP contribution >= 0.6 is 0 Å². The van der Waals surface area contributed by atoms with Gasteiger partial charge >= 0.3 is 0 Å². The van der Waals surface area contributed by atoms with E-state index in [-0.39, 0.29) is 0 Å².